The van der Waals surface area contributed by atoms with E-state index in [0.717, 1.165) is 54.5 Å². The number of pyridine rings is 1. The number of aromatic nitrogens is 1. The molecule has 0 bridgehead atoms. The van der Waals surface area contributed by atoms with Crippen molar-refractivity contribution in [3.8, 4) is 0 Å². The van der Waals surface area contributed by atoms with Crippen LogP contribution >= 0.6 is 0 Å². The van der Waals surface area contributed by atoms with Crippen LogP contribution in [0.15, 0.2) is 24.4 Å². The minimum atomic E-state index is -0.437. The Bertz CT molecular complexity index is 759. The average molecular weight is 396 g/mol. The smallest absolute Gasteiger partial charge is 0.142 e. The molecule has 158 valence electrons. The maximum Gasteiger partial charge on any atom is 0.142 e. The third kappa shape index (κ3) is 3.38. The van der Waals surface area contributed by atoms with Crippen molar-refractivity contribution in [2.45, 2.75) is 83.7 Å². The van der Waals surface area contributed by atoms with Crippen LogP contribution in [-0.4, -0.2) is 21.5 Å². The third-order valence-corrected chi connectivity index (χ3v) is 9.71. The quantitative estimate of drug-likeness (QED) is 0.764. The van der Waals surface area contributed by atoms with E-state index in [4.69, 9.17) is 0 Å². The van der Waals surface area contributed by atoms with Crippen molar-refractivity contribution >= 4 is 5.78 Å². The molecule has 1 aromatic rings. The summed E-state index contributed by atoms with van der Waals surface area (Å²) in [6, 6.07) is 5.89. The number of ketones is 1. The number of carbonyl (C=O) groups excluding carboxylic acids is 1. The molecule has 4 fully saturated rings. The molecule has 0 spiro atoms. The second-order valence-electron chi connectivity index (χ2n) is 11.3. The van der Waals surface area contributed by atoms with Gasteiger partial charge in [0.25, 0.3) is 0 Å². The molecule has 4 aliphatic carbocycles. The molecule has 0 aromatic carbocycles. The van der Waals surface area contributed by atoms with Crippen LogP contribution in [0.3, 0.4) is 0 Å². The van der Waals surface area contributed by atoms with Gasteiger partial charge in [-0.3, -0.25) is 9.78 Å². The number of hydrogen-bond donors (Lipinski definition) is 1. The Morgan fingerprint density at radius 3 is 2.66 bits per heavy atom. The zero-order valence-electron chi connectivity index (χ0n) is 18.1. The predicted molar refractivity (Wildman–Crippen MR) is 114 cm³/mol. The van der Waals surface area contributed by atoms with Crippen LogP contribution in [0.1, 0.15) is 77.3 Å². The van der Waals surface area contributed by atoms with Gasteiger partial charge in [-0.2, -0.15) is 0 Å². The number of carbonyl (C=O) groups is 1. The first-order valence-electron chi connectivity index (χ1n) is 12.0. The minimum absolute atomic E-state index is 0.194. The van der Waals surface area contributed by atoms with E-state index in [1.807, 2.05) is 25.1 Å². The van der Waals surface area contributed by atoms with Gasteiger partial charge in [-0.1, -0.05) is 13.0 Å². The van der Waals surface area contributed by atoms with E-state index in [1.54, 1.807) is 6.20 Å². The molecule has 1 aromatic heterocycles. The van der Waals surface area contributed by atoms with Crippen molar-refractivity contribution in [1.29, 1.82) is 0 Å². The Morgan fingerprint density at radius 1 is 1.03 bits per heavy atom. The standard InChI is InChI=1S/C26H37NO2/c1-25(29)12-10-19-17(16-25)6-7-21-20(19)11-13-26(2)22(21)8-9-23(26)24(28)15-18-5-3-4-14-27-18/h3-5,14,17,19-23,29H,6-13,15-16H2,1-2H3/t17-,19+,20-,21-,22+,23-,25-,26+/m1/s1. The monoisotopic (exact) mass is 395 g/mol. The number of hydrogen-bond acceptors (Lipinski definition) is 3. The Hall–Kier alpha value is -1.22. The number of rotatable bonds is 3. The maximum atomic E-state index is 13.3. The van der Waals surface area contributed by atoms with Crippen LogP contribution in [0.2, 0.25) is 0 Å². The van der Waals surface area contributed by atoms with E-state index >= 15 is 0 Å². The lowest BCUT2D eigenvalue weighted by molar-refractivity contribution is -0.131. The number of fused-ring (bicyclic) bond motifs is 5. The molecule has 4 saturated carbocycles. The highest BCUT2D eigenvalue weighted by Gasteiger charge is 2.58. The molecule has 1 N–H and O–H groups in total. The molecule has 3 nitrogen and oxygen atoms in total. The molecule has 0 amide bonds. The molecule has 0 aliphatic heterocycles. The van der Waals surface area contributed by atoms with Gasteiger partial charge in [0.05, 0.1) is 5.60 Å². The van der Waals surface area contributed by atoms with E-state index in [-0.39, 0.29) is 11.3 Å². The Morgan fingerprint density at radius 2 is 1.86 bits per heavy atom. The van der Waals surface area contributed by atoms with Gasteiger partial charge < -0.3 is 5.11 Å². The second kappa shape index (κ2) is 7.18. The van der Waals surface area contributed by atoms with Crippen molar-refractivity contribution in [2.75, 3.05) is 0 Å². The fraction of sp³-hybridized carbons (Fsp3) is 0.769. The van der Waals surface area contributed by atoms with Crippen LogP contribution in [0.4, 0.5) is 0 Å². The summed E-state index contributed by atoms with van der Waals surface area (Å²) in [5, 5.41) is 10.6. The summed E-state index contributed by atoms with van der Waals surface area (Å²) < 4.78 is 0. The normalized spacial score (nSPS) is 46.4. The fourth-order valence-electron chi connectivity index (χ4n) is 8.41. The molecule has 0 saturated heterocycles. The van der Waals surface area contributed by atoms with Gasteiger partial charge in [0.1, 0.15) is 5.78 Å². The molecule has 4 aliphatic rings. The van der Waals surface area contributed by atoms with Gasteiger partial charge in [-0.15, -0.1) is 0 Å². The second-order valence-corrected chi connectivity index (χ2v) is 11.3. The fourth-order valence-corrected chi connectivity index (χ4v) is 8.41. The van der Waals surface area contributed by atoms with E-state index in [9.17, 15) is 9.90 Å². The number of nitrogens with zero attached hydrogens (tertiary/aromatic N) is 1. The lowest BCUT2D eigenvalue weighted by Crippen LogP contribution is -2.51. The van der Waals surface area contributed by atoms with Gasteiger partial charge in [0, 0.05) is 24.2 Å². The van der Waals surface area contributed by atoms with E-state index in [0.29, 0.717) is 12.2 Å². The van der Waals surface area contributed by atoms with E-state index < -0.39 is 5.60 Å². The summed E-state index contributed by atoms with van der Waals surface area (Å²) >= 11 is 0. The summed E-state index contributed by atoms with van der Waals surface area (Å²) in [4.78, 5) is 17.7. The van der Waals surface area contributed by atoms with Gasteiger partial charge >= 0.3 is 0 Å². The SMILES string of the molecule is C[C@@]1(O)CC[C@H]2[C@H](CC[C@@H]3[C@@H]2CC[C@]2(C)[C@@H](C(=O)Cc4ccccn4)CC[C@@H]32)C1. The van der Waals surface area contributed by atoms with Crippen molar-refractivity contribution in [2.24, 2.45) is 40.9 Å². The van der Waals surface area contributed by atoms with Gasteiger partial charge in [-0.25, -0.2) is 0 Å². The van der Waals surface area contributed by atoms with Crippen LogP contribution in [-0.2, 0) is 11.2 Å². The van der Waals surface area contributed by atoms with Gasteiger partial charge in [0.2, 0.25) is 0 Å². The van der Waals surface area contributed by atoms with Crippen molar-refractivity contribution < 1.29 is 9.90 Å². The van der Waals surface area contributed by atoms with Crippen molar-refractivity contribution in [3.05, 3.63) is 30.1 Å². The topological polar surface area (TPSA) is 50.2 Å². The van der Waals surface area contributed by atoms with Crippen LogP contribution < -0.4 is 0 Å². The lowest BCUT2D eigenvalue weighted by Gasteiger charge is -2.56. The highest BCUT2D eigenvalue weighted by molar-refractivity contribution is 5.84. The molecule has 0 unspecified atom stereocenters. The molecule has 8 atom stereocenters. The van der Waals surface area contributed by atoms with Gasteiger partial charge in [-0.05, 0) is 112 Å². The Labute approximate surface area is 175 Å². The first-order valence-corrected chi connectivity index (χ1v) is 12.0. The molecule has 3 heteroatoms. The number of aliphatic hydroxyl groups is 1. The molecule has 5 rings (SSSR count). The first kappa shape index (κ1) is 19.7. The Kier molecular flexibility index (Phi) is 4.89. The predicted octanol–water partition coefficient (Wildman–Crippen LogP) is 5.21. The first-order chi connectivity index (χ1) is 13.9. The Balaban J connectivity index is 1.31. The van der Waals surface area contributed by atoms with E-state index in [1.165, 1.54) is 38.5 Å². The van der Waals surface area contributed by atoms with Crippen LogP contribution in [0.5, 0.6) is 0 Å². The largest absolute Gasteiger partial charge is 0.390 e. The summed E-state index contributed by atoms with van der Waals surface area (Å²) in [6.07, 6.45) is 13.0. The van der Waals surface area contributed by atoms with Crippen LogP contribution in [0, 0.1) is 40.9 Å². The number of Topliss-reactive ketones (excluding diaryl/α,β-unsaturated/α-hetero) is 1. The molecular weight excluding hydrogens is 358 g/mol. The van der Waals surface area contributed by atoms with Gasteiger partial charge in [0.15, 0.2) is 0 Å². The summed E-state index contributed by atoms with van der Waals surface area (Å²) in [6.45, 7) is 4.49. The zero-order valence-corrected chi connectivity index (χ0v) is 18.1. The zero-order chi connectivity index (χ0) is 20.2. The summed E-state index contributed by atoms with van der Waals surface area (Å²) in [7, 11) is 0. The highest BCUT2D eigenvalue weighted by atomic mass is 16.3. The highest BCUT2D eigenvalue weighted by Crippen LogP contribution is 2.64. The summed E-state index contributed by atoms with van der Waals surface area (Å²) in [5.74, 6) is 4.57. The minimum Gasteiger partial charge on any atom is -0.390 e. The molecule has 0 radical (unpaired) electrons. The molecule has 1 heterocycles. The molecule has 29 heavy (non-hydrogen) atoms. The van der Waals surface area contributed by atoms with Crippen LogP contribution in [0.25, 0.3) is 0 Å². The summed E-state index contributed by atoms with van der Waals surface area (Å²) in [5.41, 5.74) is 0.682. The third-order valence-electron chi connectivity index (χ3n) is 9.71. The maximum absolute atomic E-state index is 13.3. The lowest BCUT2D eigenvalue weighted by atomic mass is 9.49. The van der Waals surface area contributed by atoms with E-state index in [2.05, 4.69) is 11.9 Å². The van der Waals surface area contributed by atoms with Crippen molar-refractivity contribution in [3.63, 3.8) is 0 Å². The average Bonchev–Trinajstić information content (AvgIpc) is 3.05. The van der Waals surface area contributed by atoms with Crippen molar-refractivity contribution in [1.82, 2.24) is 4.98 Å². The molecular formula is C26H37NO2.